The largest absolute Gasteiger partial charge is 0.378 e. The smallest absolute Gasteiger partial charge is 0.246 e. The van der Waals surface area contributed by atoms with E-state index in [0.29, 0.717) is 13.1 Å². The summed E-state index contributed by atoms with van der Waals surface area (Å²) >= 11 is 0. The van der Waals surface area contributed by atoms with Crippen molar-refractivity contribution >= 4 is 15.7 Å². The highest BCUT2D eigenvalue weighted by Gasteiger charge is 2.24. The zero-order valence-corrected chi connectivity index (χ0v) is 14.2. The Balaban J connectivity index is 2.21. The molecule has 0 radical (unpaired) electrons. The fourth-order valence-corrected chi connectivity index (χ4v) is 3.57. The van der Waals surface area contributed by atoms with Crippen molar-refractivity contribution in [2.75, 3.05) is 25.5 Å². The molecule has 22 heavy (non-hydrogen) atoms. The van der Waals surface area contributed by atoms with Gasteiger partial charge < -0.3 is 4.90 Å². The molecule has 0 N–H and O–H groups in total. The van der Waals surface area contributed by atoms with Gasteiger partial charge in [-0.2, -0.15) is 9.40 Å². The van der Waals surface area contributed by atoms with Crippen molar-refractivity contribution in [2.45, 2.75) is 18.4 Å². The zero-order valence-electron chi connectivity index (χ0n) is 13.4. The lowest BCUT2D eigenvalue weighted by molar-refractivity contribution is 0.423. The van der Waals surface area contributed by atoms with Gasteiger partial charge in [0.1, 0.15) is 4.90 Å². The maximum atomic E-state index is 12.6. The standard InChI is InChI=1S/C15H22N4O2S/c1-5-19(22(20,21)15-10-16-18(4)12-15)11-13-6-8-14(9-7-13)17(2)3/h6-10,12H,5,11H2,1-4H3. The third kappa shape index (κ3) is 3.48. The first kappa shape index (κ1) is 16.5. The molecule has 1 aromatic carbocycles. The van der Waals surface area contributed by atoms with Crippen LogP contribution in [0.4, 0.5) is 5.69 Å². The van der Waals surface area contributed by atoms with E-state index in [2.05, 4.69) is 5.10 Å². The zero-order chi connectivity index (χ0) is 16.3. The molecule has 0 aliphatic carbocycles. The Morgan fingerprint density at radius 1 is 1.18 bits per heavy atom. The van der Waals surface area contributed by atoms with Crippen molar-refractivity contribution in [3.05, 3.63) is 42.2 Å². The summed E-state index contributed by atoms with van der Waals surface area (Å²) in [4.78, 5) is 2.23. The van der Waals surface area contributed by atoms with E-state index in [9.17, 15) is 8.42 Å². The second kappa shape index (κ2) is 6.50. The van der Waals surface area contributed by atoms with Crippen LogP contribution in [0.1, 0.15) is 12.5 Å². The number of aryl methyl sites for hydroxylation is 1. The number of sulfonamides is 1. The SMILES string of the molecule is CCN(Cc1ccc(N(C)C)cc1)S(=O)(=O)c1cnn(C)c1. The normalized spacial score (nSPS) is 11.9. The lowest BCUT2D eigenvalue weighted by Gasteiger charge is -2.20. The Hall–Kier alpha value is -1.86. The van der Waals surface area contributed by atoms with Crippen LogP contribution in [0.2, 0.25) is 0 Å². The van der Waals surface area contributed by atoms with Gasteiger partial charge in [0.15, 0.2) is 0 Å². The molecule has 120 valence electrons. The van der Waals surface area contributed by atoms with Gasteiger partial charge in [-0.15, -0.1) is 0 Å². The Morgan fingerprint density at radius 2 is 1.82 bits per heavy atom. The van der Waals surface area contributed by atoms with Crippen LogP contribution in [0.15, 0.2) is 41.6 Å². The summed E-state index contributed by atoms with van der Waals surface area (Å²) in [5.74, 6) is 0. The molecule has 0 aliphatic rings. The second-order valence-corrected chi connectivity index (χ2v) is 7.28. The average molecular weight is 322 g/mol. The van der Waals surface area contributed by atoms with E-state index in [1.54, 1.807) is 7.05 Å². The molecule has 2 rings (SSSR count). The molecule has 1 aromatic heterocycles. The van der Waals surface area contributed by atoms with Crippen LogP contribution in [-0.2, 0) is 23.6 Å². The molecule has 0 fully saturated rings. The Labute approximate surface area is 132 Å². The maximum Gasteiger partial charge on any atom is 0.246 e. The monoisotopic (exact) mass is 322 g/mol. The molecule has 0 aliphatic heterocycles. The maximum absolute atomic E-state index is 12.6. The third-order valence-corrected chi connectivity index (χ3v) is 5.36. The summed E-state index contributed by atoms with van der Waals surface area (Å²) in [7, 11) is 2.13. The van der Waals surface area contributed by atoms with E-state index < -0.39 is 10.0 Å². The van der Waals surface area contributed by atoms with Crippen LogP contribution < -0.4 is 4.90 Å². The molecular formula is C15H22N4O2S. The fraction of sp³-hybridized carbons (Fsp3) is 0.400. The summed E-state index contributed by atoms with van der Waals surface area (Å²) in [6, 6.07) is 7.88. The van der Waals surface area contributed by atoms with Gasteiger partial charge in [-0.25, -0.2) is 8.42 Å². The third-order valence-electron chi connectivity index (χ3n) is 3.48. The number of nitrogens with zero attached hydrogens (tertiary/aromatic N) is 4. The number of hydrogen-bond donors (Lipinski definition) is 0. The van der Waals surface area contributed by atoms with Gasteiger partial charge in [-0.05, 0) is 17.7 Å². The lowest BCUT2D eigenvalue weighted by atomic mass is 10.2. The number of hydrogen-bond acceptors (Lipinski definition) is 4. The fourth-order valence-electron chi connectivity index (χ4n) is 2.15. The minimum atomic E-state index is -3.52. The van der Waals surface area contributed by atoms with Crippen LogP contribution in [0.3, 0.4) is 0 Å². The molecular weight excluding hydrogens is 300 g/mol. The van der Waals surface area contributed by atoms with Gasteiger partial charge in [-0.3, -0.25) is 4.68 Å². The molecule has 2 aromatic rings. The summed E-state index contributed by atoms with van der Waals surface area (Å²) < 4.78 is 28.2. The van der Waals surface area contributed by atoms with Crippen LogP contribution in [-0.4, -0.2) is 43.1 Å². The predicted octanol–water partition coefficient (Wildman–Crippen LogP) is 1.70. The minimum Gasteiger partial charge on any atom is -0.378 e. The van der Waals surface area contributed by atoms with E-state index in [1.807, 2.05) is 50.2 Å². The average Bonchev–Trinajstić information content (AvgIpc) is 2.92. The Bertz CT molecular complexity index is 720. The molecule has 7 heteroatoms. The molecule has 0 bridgehead atoms. The molecule has 0 atom stereocenters. The lowest BCUT2D eigenvalue weighted by Crippen LogP contribution is -2.30. The first-order valence-electron chi connectivity index (χ1n) is 7.09. The van der Waals surface area contributed by atoms with Crippen molar-refractivity contribution in [1.82, 2.24) is 14.1 Å². The summed E-state index contributed by atoms with van der Waals surface area (Å²) in [5.41, 5.74) is 2.04. The Kier molecular flexibility index (Phi) is 4.87. The van der Waals surface area contributed by atoms with E-state index in [0.717, 1.165) is 11.3 Å². The predicted molar refractivity (Wildman–Crippen MR) is 87.2 cm³/mol. The minimum absolute atomic E-state index is 0.224. The Morgan fingerprint density at radius 3 is 2.27 bits per heavy atom. The molecule has 0 amide bonds. The van der Waals surface area contributed by atoms with Crippen molar-refractivity contribution in [1.29, 1.82) is 0 Å². The van der Waals surface area contributed by atoms with Gasteiger partial charge in [0.05, 0.1) is 6.20 Å². The first-order valence-corrected chi connectivity index (χ1v) is 8.53. The first-order chi connectivity index (χ1) is 10.3. The van der Waals surface area contributed by atoms with Gasteiger partial charge in [0.2, 0.25) is 10.0 Å². The molecule has 0 unspecified atom stereocenters. The van der Waals surface area contributed by atoms with E-state index in [1.165, 1.54) is 21.4 Å². The molecule has 0 saturated heterocycles. The van der Waals surface area contributed by atoms with Crippen molar-refractivity contribution in [3.63, 3.8) is 0 Å². The van der Waals surface area contributed by atoms with Gasteiger partial charge >= 0.3 is 0 Å². The van der Waals surface area contributed by atoms with Gasteiger partial charge in [0, 0.05) is 46.1 Å². The van der Waals surface area contributed by atoms with Crippen LogP contribution >= 0.6 is 0 Å². The molecule has 0 spiro atoms. The quantitative estimate of drug-likeness (QED) is 0.812. The molecule has 6 nitrogen and oxygen atoms in total. The van der Waals surface area contributed by atoms with E-state index in [-0.39, 0.29) is 4.90 Å². The van der Waals surface area contributed by atoms with Crippen LogP contribution in [0.5, 0.6) is 0 Å². The molecule has 0 saturated carbocycles. The summed E-state index contributed by atoms with van der Waals surface area (Å²) in [6.45, 7) is 2.59. The number of anilines is 1. The number of benzene rings is 1. The van der Waals surface area contributed by atoms with Crippen LogP contribution in [0, 0.1) is 0 Å². The van der Waals surface area contributed by atoms with Crippen molar-refractivity contribution in [2.24, 2.45) is 7.05 Å². The van der Waals surface area contributed by atoms with E-state index >= 15 is 0 Å². The highest BCUT2D eigenvalue weighted by atomic mass is 32.2. The summed E-state index contributed by atoms with van der Waals surface area (Å²) in [5, 5.41) is 3.94. The number of rotatable bonds is 6. The topological polar surface area (TPSA) is 58.4 Å². The highest BCUT2D eigenvalue weighted by molar-refractivity contribution is 7.89. The van der Waals surface area contributed by atoms with Gasteiger partial charge in [0.25, 0.3) is 0 Å². The van der Waals surface area contributed by atoms with Crippen molar-refractivity contribution in [3.8, 4) is 0 Å². The number of aromatic nitrogens is 2. The van der Waals surface area contributed by atoms with E-state index in [4.69, 9.17) is 0 Å². The van der Waals surface area contributed by atoms with Gasteiger partial charge in [-0.1, -0.05) is 19.1 Å². The second-order valence-electron chi connectivity index (χ2n) is 5.34. The van der Waals surface area contributed by atoms with Crippen LogP contribution in [0.25, 0.3) is 0 Å². The summed E-state index contributed by atoms with van der Waals surface area (Å²) in [6.07, 6.45) is 2.90. The van der Waals surface area contributed by atoms with Crippen molar-refractivity contribution < 1.29 is 8.42 Å². The molecule has 1 heterocycles. The highest BCUT2D eigenvalue weighted by Crippen LogP contribution is 2.19.